The zero-order valence-corrected chi connectivity index (χ0v) is 13.6. The maximum absolute atomic E-state index is 12.5. The van der Waals surface area contributed by atoms with Gasteiger partial charge in [-0.3, -0.25) is 9.36 Å². The minimum absolute atomic E-state index is 0.0392. The minimum atomic E-state index is -0.0392. The molecule has 1 saturated heterocycles. The Balaban J connectivity index is 1.71. The van der Waals surface area contributed by atoms with E-state index in [1.54, 1.807) is 22.9 Å². The first kappa shape index (κ1) is 15.4. The van der Waals surface area contributed by atoms with Crippen molar-refractivity contribution in [3.63, 3.8) is 0 Å². The van der Waals surface area contributed by atoms with Crippen molar-refractivity contribution < 1.29 is 0 Å². The Hall–Kier alpha value is -1.53. The molecule has 3 heterocycles. The molecule has 2 aromatic rings. The third-order valence-electron chi connectivity index (χ3n) is 4.31. The molecule has 6 heteroatoms. The van der Waals surface area contributed by atoms with E-state index in [1.807, 2.05) is 0 Å². The summed E-state index contributed by atoms with van der Waals surface area (Å²) in [4.78, 5) is 22.2. The fraction of sp³-hybridized carbons (Fsp3) is 0.562. The zero-order valence-electron chi connectivity index (χ0n) is 12.8. The first-order valence-corrected chi connectivity index (χ1v) is 8.47. The number of nitrogens with one attached hydrogen (secondary N) is 1. The predicted octanol–water partition coefficient (Wildman–Crippen LogP) is 2.72. The number of H-pyrrole nitrogens is 1. The molecular formula is C16H22N4OS. The Labute approximate surface area is 135 Å². The zero-order chi connectivity index (χ0) is 15.4. The van der Waals surface area contributed by atoms with Crippen LogP contribution in [0.3, 0.4) is 0 Å². The van der Waals surface area contributed by atoms with E-state index < -0.39 is 0 Å². The molecule has 0 amide bonds. The summed E-state index contributed by atoms with van der Waals surface area (Å²) in [7, 11) is 0. The minimum Gasteiger partial charge on any atom is -0.316 e. The number of rotatable bonds is 4. The van der Waals surface area contributed by atoms with Crippen LogP contribution in [-0.2, 0) is 6.54 Å². The molecule has 22 heavy (non-hydrogen) atoms. The van der Waals surface area contributed by atoms with E-state index in [0.29, 0.717) is 22.3 Å². The Morgan fingerprint density at radius 1 is 1.18 bits per heavy atom. The second-order valence-corrected chi connectivity index (χ2v) is 6.28. The summed E-state index contributed by atoms with van der Waals surface area (Å²) in [5.41, 5.74) is 0.531. The van der Waals surface area contributed by atoms with Gasteiger partial charge in [0.05, 0.1) is 5.39 Å². The van der Waals surface area contributed by atoms with Crippen LogP contribution in [0.5, 0.6) is 0 Å². The van der Waals surface area contributed by atoms with Crippen LogP contribution in [0.15, 0.2) is 23.1 Å². The van der Waals surface area contributed by atoms with Crippen LogP contribution in [0.2, 0.25) is 0 Å². The van der Waals surface area contributed by atoms with Gasteiger partial charge >= 0.3 is 0 Å². The van der Waals surface area contributed by atoms with E-state index in [4.69, 9.17) is 12.2 Å². The van der Waals surface area contributed by atoms with Crippen molar-refractivity contribution in [2.75, 3.05) is 19.6 Å². The average Bonchev–Trinajstić information content (AvgIpc) is 2.79. The average molecular weight is 318 g/mol. The van der Waals surface area contributed by atoms with E-state index in [9.17, 15) is 4.79 Å². The van der Waals surface area contributed by atoms with Crippen LogP contribution in [0.4, 0.5) is 0 Å². The monoisotopic (exact) mass is 318 g/mol. The van der Waals surface area contributed by atoms with Gasteiger partial charge in [-0.15, -0.1) is 0 Å². The number of likely N-dealkylation sites (tertiary alicyclic amines) is 1. The Bertz CT molecular complexity index is 744. The SMILES string of the molecule is O=c1c2cccnc2[nH]c(=S)n1CCCN1CCCCCC1. The molecule has 1 N–H and O–H groups in total. The van der Waals surface area contributed by atoms with Gasteiger partial charge in [-0.1, -0.05) is 12.8 Å². The number of nitrogens with zero attached hydrogens (tertiary/aromatic N) is 3. The van der Waals surface area contributed by atoms with Crippen molar-refractivity contribution >= 4 is 23.3 Å². The molecule has 2 aromatic heterocycles. The van der Waals surface area contributed by atoms with Gasteiger partial charge < -0.3 is 9.88 Å². The number of fused-ring (bicyclic) bond motifs is 1. The smallest absolute Gasteiger partial charge is 0.263 e. The summed E-state index contributed by atoms with van der Waals surface area (Å²) in [5, 5.41) is 0.603. The lowest BCUT2D eigenvalue weighted by Gasteiger charge is -2.19. The van der Waals surface area contributed by atoms with E-state index in [-0.39, 0.29) is 5.56 Å². The highest BCUT2D eigenvalue weighted by Gasteiger charge is 2.10. The van der Waals surface area contributed by atoms with Crippen molar-refractivity contribution in [1.82, 2.24) is 19.4 Å². The summed E-state index contributed by atoms with van der Waals surface area (Å²) < 4.78 is 2.13. The first-order valence-electron chi connectivity index (χ1n) is 8.06. The number of pyridine rings is 1. The molecular weight excluding hydrogens is 296 g/mol. The van der Waals surface area contributed by atoms with Gasteiger partial charge in [0.1, 0.15) is 5.65 Å². The molecule has 0 unspecified atom stereocenters. The second-order valence-electron chi connectivity index (χ2n) is 5.90. The normalized spacial score (nSPS) is 16.7. The molecule has 0 bridgehead atoms. The number of hydrogen-bond acceptors (Lipinski definition) is 4. The third kappa shape index (κ3) is 3.44. The van der Waals surface area contributed by atoms with Crippen LogP contribution in [0.25, 0.3) is 11.0 Å². The van der Waals surface area contributed by atoms with Crippen molar-refractivity contribution in [2.45, 2.75) is 38.6 Å². The van der Waals surface area contributed by atoms with Gasteiger partial charge in [-0.25, -0.2) is 4.98 Å². The van der Waals surface area contributed by atoms with Gasteiger partial charge in [0.25, 0.3) is 5.56 Å². The highest BCUT2D eigenvalue weighted by atomic mass is 32.1. The highest BCUT2D eigenvalue weighted by molar-refractivity contribution is 7.71. The molecule has 0 spiro atoms. The van der Waals surface area contributed by atoms with Crippen molar-refractivity contribution in [3.8, 4) is 0 Å². The van der Waals surface area contributed by atoms with E-state index >= 15 is 0 Å². The molecule has 1 fully saturated rings. The lowest BCUT2D eigenvalue weighted by molar-refractivity contribution is 0.275. The summed E-state index contributed by atoms with van der Waals surface area (Å²) in [6, 6.07) is 3.57. The van der Waals surface area contributed by atoms with Gasteiger partial charge in [-0.2, -0.15) is 0 Å². The van der Waals surface area contributed by atoms with Crippen LogP contribution in [-0.4, -0.2) is 39.1 Å². The maximum Gasteiger partial charge on any atom is 0.263 e. The number of aromatic nitrogens is 3. The molecule has 0 radical (unpaired) electrons. The van der Waals surface area contributed by atoms with Crippen LogP contribution in [0.1, 0.15) is 32.1 Å². The Kier molecular flexibility index (Phi) is 5.00. The van der Waals surface area contributed by atoms with Gasteiger partial charge in [0.2, 0.25) is 0 Å². The standard InChI is InChI=1S/C16H22N4OS/c21-15-13-7-5-8-17-14(13)18-16(22)20(15)12-6-11-19-9-3-1-2-4-10-19/h5,7-8H,1-4,6,9-12H2,(H,17,18,22). The van der Waals surface area contributed by atoms with Gasteiger partial charge in [0, 0.05) is 12.7 Å². The van der Waals surface area contributed by atoms with E-state index in [0.717, 1.165) is 13.0 Å². The predicted molar refractivity (Wildman–Crippen MR) is 90.7 cm³/mol. The number of aromatic amines is 1. The van der Waals surface area contributed by atoms with Crippen LogP contribution < -0.4 is 5.56 Å². The lowest BCUT2D eigenvalue weighted by atomic mass is 10.2. The highest BCUT2D eigenvalue weighted by Crippen LogP contribution is 2.10. The van der Waals surface area contributed by atoms with Crippen LogP contribution in [0, 0.1) is 4.77 Å². The molecule has 118 valence electrons. The summed E-state index contributed by atoms with van der Waals surface area (Å²) >= 11 is 5.31. The van der Waals surface area contributed by atoms with Crippen molar-refractivity contribution in [3.05, 3.63) is 33.5 Å². The van der Waals surface area contributed by atoms with E-state index in [1.165, 1.54) is 38.8 Å². The fourth-order valence-corrected chi connectivity index (χ4v) is 3.37. The lowest BCUT2D eigenvalue weighted by Crippen LogP contribution is -2.28. The molecule has 3 rings (SSSR count). The molecule has 0 aromatic carbocycles. The summed E-state index contributed by atoms with van der Waals surface area (Å²) in [6.07, 6.45) is 7.89. The fourth-order valence-electron chi connectivity index (χ4n) is 3.10. The second kappa shape index (κ2) is 7.15. The Morgan fingerprint density at radius 2 is 1.95 bits per heavy atom. The molecule has 1 aliphatic heterocycles. The van der Waals surface area contributed by atoms with Crippen LogP contribution >= 0.6 is 12.2 Å². The number of hydrogen-bond donors (Lipinski definition) is 1. The first-order chi connectivity index (χ1) is 10.8. The quantitative estimate of drug-likeness (QED) is 0.881. The molecule has 0 atom stereocenters. The summed E-state index contributed by atoms with van der Waals surface area (Å²) in [5.74, 6) is 0. The Morgan fingerprint density at radius 3 is 2.73 bits per heavy atom. The molecule has 0 saturated carbocycles. The van der Waals surface area contributed by atoms with Crippen molar-refractivity contribution in [1.29, 1.82) is 0 Å². The third-order valence-corrected chi connectivity index (χ3v) is 4.63. The summed E-state index contributed by atoms with van der Waals surface area (Å²) in [6.45, 7) is 4.06. The topological polar surface area (TPSA) is 53.9 Å². The maximum atomic E-state index is 12.5. The van der Waals surface area contributed by atoms with Gasteiger partial charge in [0.15, 0.2) is 4.77 Å². The van der Waals surface area contributed by atoms with E-state index in [2.05, 4.69) is 14.9 Å². The van der Waals surface area contributed by atoms with Gasteiger partial charge in [-0.05, 0) is 63.2 Å². The largest absolute Gasteiger partial charge is 0.316 e. The molecule has 0 aliphatic carbocycles. The van der Waals surface area contributed by atoms with Crippen molar-refractivity contribution in [2.24, 2.45) is 0 Å². The molecule has 5 nitrogen and oxygen atoms in total. The molecule has 1 aliphatic rings.